The van der Waals surface area contributed by atoms with Crippen molar-refractivity contribution in [1.29, 1.82) is 0 Å². The molecule has 11 heteroatoms. The number of allylic oxidation sites excluding steroid dienone is 4. The van der Waals surface area contributed by atoms with E-state index in [1.165, 1.54) is 24.8 Å². The van der Waals surface area contributed by atoms with Crippen LogP contribution >= 0.6 is 0 Å². The van der Waals surface area contributed by atoms with Crippen LogP contribution < -0.4 is 9.46 Å². The van der Waals surface area contributed by atoms with E-state index in [1.54, 1.807) is 12.0 Å². The number of fused-ring (bicyclic) bond motifs is 6. The Morgan fingerprint density at radius 3 is 2.54 bits per heavy atom. The Kier molecular flexibility index (Phi) is 7.43. The maximum absolute atomic E-state index is 14.9. The smallest absolute Gasteiger partial charge is 0.265 e. The van der Waals surface area contributed by atoms with Gasteiger partial charge in [0.15, 0.2) is 0 Å². The number of amides is 3. The van der Waals surface area contributed by atoms with Gasteiger partial charge < -0.3 is 19.1 Å². The van der Waals surface area contributed by atoms with E-state index in [9.17, 15) is 22.8 Å². The lowest BCUT2D eigenvalue weighted by molar-refractivity contribution is -0.145. The normalized spacial score (nSPS) is 28.2. The van der Waals surface area contributed by atoms with Gasteiger partial charge in [-0.25, -0.2) is 13.1 Å². The molecule has 9 rings (SSSR count). The zero-order valence-electron chi connectivity index (χ0n) is 29.0. The summed E-state index contributed by atoms with van der Waals surface area (Å²) >= 11 is 0. The molecular formula is C39H46N4O6S. The van der Waals surface area contributed by atoms with Crippen LogP contribution in [0.2, 0.25) is 0 Å². The summed E-state index contributed by atoms with van der Waals surface area (Å²) < 4.78 is 36.4. The first kappa shape index (κ1) is 32.1. The Balaban J connectivity index is 1.17. The van der Waals surface area contributed by atoms with Crippen molar-refractivity contribution in [3.8, 4) is 5.75 Å². The monoisotopic (exact) mass is 698 g/mol. The molecule has 3 aliphatic heterocycles. The van der Waals surface area contributed by atoms with E-state index in [2.05, 4.69) is 33.6 Å². The van der Waals surface area contributed by atoms with Gasteiger partial charge in [0.2, 0.25) is 21.8 Å². The molecule has 2 saturated carbocycles. The van der Waals surface area contributed by atoms with Crippen LogP contribution in [0.1, 0.15) is 93.7 Å². The van der Waals surface area contributed by atoms with Crippen LogP contribution in [0.3, 0.4) is 0 Å². The third-order valence-corrected chi connectivity index (χ3v) is 14.7. The molecule has 1 aromatic heterocycles. The fourth-order valence-corrected chi connectivity index (χ4v) is 11.4. The third-order valence-electron chi connectivity index (χ3n) is 12.8. The summed E-state index contributed by atoms with van der Waals surface area (Å²) in [6.45, 7) is 2.20. The van der Waals surface area contributed by atoms with Gasteiger partial charge in [0.25, 0.3) is 5.91 Å². The van der Waals surface area contributed by atoms with Crippen LogP contribution in [0.15, 0.2) is 52.6 Å². The SMILES string of the molecule is COc1ccc(C2CCCCC2)c2c1cc1n2CC2=C(C(=O)NS(=O)(=O)C3CC3)C2=C2C=CC[C@@H](C(=O)N3CCCC4(CCN(C)C4=O)C3)C21. The molecule has 4 aliphatic carbocycles. The van der Waals surface area contributed by atoms with Crippen molar-refractivity contribution in [1.82, 2.24) is 19.1 Å². The van der Waals surface area contributed by atoms with Crippen LogP contribution in [0.5, 0.6) is 5.75 Å². The Morgan fingerprint density at radius 2 is 1.82 bits per heavy atom. The number of ether oxygens (including phenoxy) is 1. The average molecular weight is 699 g/mol. The zero-order chi connectivity index (χ0) is 34.5. The lowest BCUT2D eigenvalue weighted by atomic mass is 9.74. The van der Waals surface area contributed by atoms with Crippen molar-refractivity contribution < 1.29 is 27.5 Å². The van der Waals surface area contributed by atoms with Gasteiger partial charge in [-0.1, -0.05) is 37.5 Å². The zero-order valence-corrected chi connectivity index (χ0v) is 29.8. The Labute approximate surface area is 293 Å². The van der Waals surface area contributed by atoms with Crippen LogP contribution in [-0.4, -0.2) is 79.5 Å². The van der Waals surface area contributed by atoms with Gasteiger partial charge in [0, 0.05) is 50.2 Å². The Bertz CT molecular complexity index is 2040. The lowest BCUT2D eigenvalue weighted by Gasteiger charge is -2.42. The van der Waals surface area contributed by atoms with Gasteiger partial charge >= 0.3 is 0 Å². The maximum Gasteiger partial charge on any atom is 0.265 e. The minimum absolute atomic E-state index is 0.0431. The minimum atomic E-state index is -3.73. The van der Waals surface area contributed by atoms with E-state index in [4.69, 9.17) is 4.74 Å². The number of carbonyl (C=O) groups is 3. The average Bonchev–Trinajstić information content (AvgIpc) is 4.05. The summed E-state index contributed by atoms with van der Waals surface area (Å²) in [6, 6.07) is 6.48. The Hall–Kier alpha value is -3.86. The molecule has 50 heavy (non-hydrogen) atoms. The molecule has 4 fully saturated rings. The number of methoxy groups -OCH3 is 1. The Morgan fingerprint density at radius 1 is 1.02 bits per heavy atom. The summed E-state index contributed by atoms with van der Waals surface area (Å²) in [4.78, 5) is 45.7. The molecule has 264 valence electrons. The quantitative estimate of drug-likeness (QED) is 0.451. The standard InChI is InChI=1S/C39H46N4O6S/c1-41-19-17-39(38(41)46)16-7-18-42(22-39)37(45)27-11-6-10-26-32(27)30-20-28-31(49-2)15-14-25(23-8-4-3-5-9-23)35(28)43(30)21-29-33(26)34(29)36(44)40-50(47,48)24-12-13-24/h6,10,14-15,20,23-24,27,32H,3-5,7-9,11-13,16-19,21-22H2,1-2H3,(H,40,44)/t27-,32?,39?/m1/s1. The van der Waals surface area contributed by atoms with E-state index in [1.807, 2.05) is 18.0 Å². The highest BCUT2D eigenvalue weighted by Gasteiger charge is 2.52. The summed E-state index contributed by atoms with van der Waals surface area (Å²) in [7, 11) is -0.190. The molecule has 3 atom stereocenters. The molecule has 0 radical (unpaired) electrons. The van der Waals surface area contributed by atoms with E-state index in [0.29, 0.717) is 56.9 Å². The van der Waals surface area contributed by atoms with E-state index in [0.717, 1.165) is 71.2 Å². The molecule has 1 N–H and O–H groups in total. The summed E-state index contributed by atoms with van der Waals surface area (Å²) in [5.74, 6) is 0.0202. The van der Waals surface area contributed by atoms with Crippen LogP contribution in [0, 0.1) is 11.3 Å². The molecule has 4 heterocycles. The van der Waals surface area contributed by atoms with E-state index < -0.39 is 32.5 Å². The topological polar surface area (TPSA) is 118 Å². The first-order valence-corrected chi connectivity index (χ1v) is 20.1. The van der Waals surface area contributed by atoms with Crippen LogP contribution in [-0.2, 0) is 31.0 Å². The number of nitrogens with zero attached hydrogens (tertiary/aromatic N) is 3. The molecule has 2 aromatic rings. The number of piperidine rings is 1. The lowest BCUT2D eigenvalue weighted by Crippen LogP contribution is -2.51. The molecule has 7 aliphatic rings. The molecular weight excluding hydrogens is 653 g/mol. The molecule has 2 saturated heterocycles. The number of nitrogens with one attached hydrogen (secondary N) is 1. The van der Waals surface area contributed by atoms with Gasteiger partial charge in [-0.3, -0.25) is 14.4 Å². The molecule has 1 spiro atoms. The number of rotatable bonds is 6. The first-order chi connectivity index (χ1) is 24.1. The van der Waals surface area contributed by atoms with Crippen molar-refractivity contribution in [2.45, 2.75) is 94.3 Å². The molecule has 10 nitrogen and oxygen atoms in total. The second-order valence-electron chi connectivity index (χ2n) is 15.8. The number of likely N-dealkylation sites (tertiary alicyclic amines) is 2. The van der Waals surface area contributed by atoms with Crippen molar-refractivity contribution >= 4 is 38.6 Å². The summed E-state index contributed by atoms with van der Waals surface area (Å²) in [5, 5.41) is 0.502. The third kappa shape index (κ3) is 4.93. The van der Waals surface area contributed by atoms with Crippen molar-refractivity contribution in [2.75, 3.05) is 33.8 Å². The minimum Gasteiger partial charge on any atom is -0.496 e. The van der Waals surface area contributed by atoms with Crippen molar-refractivity contribution in [2.24, 2.45) is 11.3 Å². The molecule has 1 aromatic carbocycles. The number of hydrogen-bond donors (Lipinski definition) is 1. The highest BCUT2D eigenvalue weighted by atomic mass is 32.2. The fraction of sp³-hybridized carbons (Fsp3) is 0.564. The van der Waals surface area contributed by atoms with Gasteiger partial charge in [-0.2, -0.15) is 0 Å². The number of sulfonamides is 1. The second-order valence-corrected chi connectivity index (χ2v) is 17.8. The maximum atomic E-state index is 14.9. The first-order valence-electron chi connectivity index (χ1n) is 18.6. The van der Waals surface area contributed by atoms with E-state index in [-0.39, 0.29) is 17.7 Å². The molecule has 2 unspecified atom stereocenters. The predicted octanol–water partition coefficient (Wildman–Crippen LogP) is 5.06. The fourth-order valence-electron chi connectivity index (χ4n) is 10.1. The largest absolute Gasteiger partial charge is 0.496 e. The molecule has 3 amide bonds. The van der Waals surface area contributed by atoms with E-state index >= 15 is 0 Å². The van der Waals surface area contributed by atoms with Crippen LogP contribution in [0.25, 0.3) is 10.9 Å². The second kappa shape index (κ2) is 11.6. The van der Waals surface area contributed by atoms with Crippen molar-refractivity contribution in [3.05, 3.63) is 63.9 Å². The number of aromatic nitrogens is 1. The van der Waals surface area contributed by atoms with Crippen LogP contribution in [0.4, 0.5) is 0 Å². The highest BCUT2D eigenvalue weighted by Crippen LogP contribution is 2.56. The van der Waals surface area contributed by atoms with Gasteiger partial charge in [-0.15, -0.1) is 0 Å². The summed E-state index contributed by atoms with van der Waals surface area (Å²) in [6.07, 6.45) is 14.0. The number of carbonyl (C=O) groups excluding carboxylic acids is 3. The van der Waals surface area contributed by atoms with Crippen molar-refractivity contribution in [3.63, 3.8) is 0 Å². The number of benzene rings is 1. The molecule has 0 bridgehead atoms. The summed E-state index contributed by atoms with van der Waals surface area (Å²) in [5.41, 5.74) is 5.87. The van der Waals surface area contributed by atoms with Gasteiger partial charge in [-0.05, 0) is 91.7 Å². The van der Waals surface area contributed by atoms with Gasteiger partial charge in [0.05, 0.1) is 34.8 Å². The van der Waals surface area contributed by atoms with Gasteiger partial charge in [0.1, 0.15) is 5.75 Å². The predicted molar refractivity (Wildman–Crippen MR) is 189 cm³/mol. The number of hydrogen-bond acceptors (Lipinski definition) is 6. The highest BCUT2D eigenvalue weighted by molar-refractivity contribution is 7.91.